The van der Waals surface area contributed by atoms with Crippen molar-refractivity contribution >= 4 is 11.8 Å². The van der Waals surface area contributed by atoms with E-state index in [1.165, 1.54) is 0 Å². The number of pyridine rings is 1. The van der Waals surface area contributed by atoms with Gasteiger partial charge in [-0.1, -0.05) is 24.3 Å². The van der Waals surface area contributed by atoms with Crippen LogP contribution in [-0.4, -0.2) is 21.7 Å². The lowest BCUT2D eigenvalue weighted by Gasteiger charge is -2.15. The van der Waals surface area contributed by atoms with Gasteiger partial charge >= 0.3 is 0 Å². The van der Waals surface area contributed by atoms with E-state index >= 15 is 0 Å². The first kappa shape index (κ1) is 12.3. The highest BCUT2D eigenvalue weighted by molar-refractivity contribution is 5.98. The number of carbonyl (C=O) groups excluding carboxylic acids is 2. The van der Waals surface area contributed by atoms with Crippen LogP contribution in [0.2, 0.25) is 0 Å². The van der Waals surface area contributed by atoms with Gasteiger partial charge in [-0.25, -0.2) is 4.98 Å². The number of primary amides is 1. The number of amides is 2. The standard InChI is InChI=1S/C15H13N3O2/c16-14(19)13-7-3-5-11(17-13)9-18-8-10-4-1-2-6-12(10)15(18)20/h1-7H,8-9H2,(H2,16,19). The molecule has 100 valence electrons. The first-order valence-electron chi connectivity index (χ1n) is 6.28. The van der Waals surface area contributed by atoms with Gasteiger partial charge in [-0.05, 0) is 23.8 Å². The van der Waals surface area contributed by atoms with E-state index in [0.717, 1.165) is 11.1 Å². The van der Waals surface area contributed by atoms with E-state index in [2.05, 4.69) is 4.98 Å². The normalized spacial score (nSPS) is 13.4. The second kappa shape index (κ2) is 4.77. The summed E-state index contributed by atoms with van der Waals surface area (Å²) in [6.07, 6.45) is 0. The highest BCUT2D eigenvalue weighted by Crippen LogP contribution is 2.23. The second-order valence-corrected chi connectivity index (χ2v) is 4.70. The SMILES string of the molecule is NC(=O)c1cccc(CN2Cc3ccccc3C2=O)n1. The molecule has 1 aromatic carbocycles. The van der Waals surface area contributed by atoms with Crippen LogP contribution in [0.25, 0.3) is 0 Å². The number of benzene rings is 1. The lowest BCUT2D eigenvalue weighted by Crippen LogP contribution is -2.24. The number of fused-ring (bicyclic) bond motifs is 1. The molecule has 0 radical (unpaired) electrons. The summed E-state index contributed by atoms with van der Waals surface area (Å²) in [5.74, 6) is -0.574. The fourth-order valence-corrected chi connectivity index (χ4v) is 2.34. The first-order valence-corrected chi connectivity index (χ1v) is 6.28. The maximum Gasteiger partial charge on any atom is 0.267 e. The Balaban J connectivity index is 1.82. The van der Waals surface area contributed by atoms with Crippen molar-refractivity contribution in [1.82, 2.24) is 9.88 Å². The molecule has 1 aromatic heterocycles. The largest absolute Gasteiger partial charge is 0.364 e. The maximum atomic E-state index is 12.2. The minimum absolute atomic E-state index is 0.00752. The minimum Gasteiger partial charge on any atom is -0.364 e. The number of nitrogens with zero attached hydrogens (tertiary/aromatic N) is 2. The van der Waals surface area contributed by atoms with E-state index in [0.29, 0.717) is 18.8 Å². The fourth-order valence-electron chi connectivity index (χ4n) is 2.34. The Morgan fingerprint density at radius 1 is 1.20 bits per heavy atom. The van der Waals surface area contributed by atoms with Crippen molar-refractivity contribution in [3.8, 4) is 0 Å². The van der Waals surface area contributed by atoms with Gasteiger partial charge in [0, 0.05) is 12.1 Å². The van der Waals surface area contributed by atoms with Gasteiger partial charge in [0.1, 0.15) is 5.69 Å². The van der Waals surface area contributed by atoms with E-state index in [4.69, 9.17) is 5.73 Å². The highest BCUT2D eigenvalue weighted by Gasteiger charge is 2.26. The van der Waals surface area contributed by atoms with Crippen LogP contribution in [0.1, 0.15) is 32.1 Å². The molecule has 5 nitrogen and oxygen atoms in total. The zero-order valence-corrected chi connectivity index (χ0v) is 10.7. The third kappa shape index (κ3) is 2.14. The Bertz CT molecular complexity index is 697. The van der Waals surface area contributed by atoms with Crippen molar-refractivity contribution in [2.45, 2.75) is 13.1 Å². The van der Waals surface area contributed by atoms with Gasteiger partial charge in [0.05, 0.1) is 12.2 Å². The fraction of sp³-hybridized carbons (Fsp3) is 0.133. The van der Waals surface area contributed by atoms with Crippen LogP contribution in [0.15, 0.2) is 42.5 Å². The molecule has 5 heteroatoms. The predicted octanol–water partition coefficient (Wildman–Crippen LogP) is 1.34. The van der Waals surface area contributed by atoms with Gasteiger partial charge in [0.2, 0.25) is 0 Å². The summed E-state index contributed by atoms with van der Waals surface area (Å²) in [5, 5.41) is 0. The van der Waals surface area contributed by atoms with E-state index in [1.807, 2.05) is 24.3 Å². The number of nitrogens with two attached hydrogens (primary N) is 1. The summed E-state index contributed by atoms with van der Waals surface area (Å²) >= 11 is 0. The molecule has 0 atom stereocenters. The summed E-state index contributed by atoms with van der Waals surface area (Å²) in [6.45, 7) is 0.937. The Morgan fingerprint density at radius 2 is 2.00 bits per heavy atom. The first-order chi connectivity index (χ1) is 9.65. The topological polar surface area (TPSA) is 76.3 Å². The molecular weight excluding hydrogens is 254 g/mol. The van der Waals surface area contributed by atoms with Crippen molar-refractivity contribution in [3.05, 3.63) is 65.0 Å². The van der Waals surface area contributed by atoms with Crippen LogP contribution in [0.5, 0.6) is 0 Å². The predicted molar refractivity (Wildman–Crippen MR) is 72.8 cm³/mol. The average molecular weight is 267 g/mol. The maximum absolute atomic E-state index is 12.2. The molecule has 2 amide bonds. The highest BCUT2D eigenvalue weighted by atomic mass is 16.2. The van der Waals surface area contributed by atoms with Crippen LogP contribution < -0.4 is 5.73 Å². The number of hydrogen-bond acceptors (Lipinski definition) is 3. The van der Waals surface area contributed by atoms with Gasteiger partial charge in [-0.2, -0.15) is 0 Å². The van der Waals surface area contributed by atoms with Gasteiger partial charge in [0.25, 0.3) is 11.8 Å². The van der Waals surface area contributed by atoms with Gasteiger partial charge < -0.3 is 10.6 Å². The smallest absolute Gasteiger partial charge is 0.267 e. The number of carbonyl (C=O) groups is 2. The zero-order chi connectivity index (χ0) is 14.1. The average Bonchev–Trinajstić information content (AvgIpc) is 2.76. The molecule has 20 heavy (non-hydrogen) atoms. The summed E-state index contributed by atoms with van der Waals surface area (Å²) in [5.41, 5.74) is 7.83. The molecule has 0 aliphatic carbocycles. The molecule has 1 aliphatic heterocycles. The molecule has 2 N–H and O–H groups in total. The summed E-state index contributed by atoms with van der Waals surface area (Å²) < 4.78 is 0. The van der Waals surface area contributed by atoms with Crippen LogP contribution in [0.4, 0.5) is 0 Å². The van der Waals surface area contributed by atoms with Gasteiger partial charge in [0.15, 0.2) is 0 Å². The van der Waals surface area contributed by atoms with Crippen molar-refractivity contribution in [3.63, 3.8) is 0 Å². The van der Waals surface area contributed by atoms with Crippen LogP contribution in [0.3, 0.4) is 0 Å². The minimum atomic E-state index is -0.567. The lowest BCUT2D eigenvalue weighted by atomic mass is 10.1. The van der Waals surface area contributed by atoms with Gasteiger partial charge in [-0.3, -0.25) is 9.59 Å². The molecule has 1 aliphatic rings. The molecule has 3 rings (SSSR count). The molecule has 0 saturated carbocycles. The zero-order valence-electron chi connectivity index (χ0n) is 10.7. The summed E-state index contributed by atoms with van der Waals surface area (Å²) in [4.78, 5) is 29.2. The number of hydrogen-bond donors (Lipinski definition) is 1. The van der Waals surface area contributed by atoms with E-state index in [-0.39, 0.29) is 11.6 Å². The second-order valence-electron chi connectivity index (χ2n) is 4.70. The summed E-state index contributed by atoms with van der Waals surface area (Å²) in [7, 11) is 0. The van der Waals surface area contributed by atoms with Crippen molar-refractivity contribution in [2.24, 2.45) is 5.73 Å². The third-order valence-corrected chi connectivity index (χ3v) is 3.31. The molecule has 2 aromatic rings. The molecule has 2 heterocycles. The monoisotopic (exact) mass is 267 g/mol. The Labute approximate surface area is 116 Å². The molecule has 0 bridgehead atoms. The van der Waals surface area contributed by atoms with E-state index in [9.17, 15) is 9.59 Å². The van der Waals surface area contributed by atoms with Crippen LogP contribution in [0, 0.1) is 0 Å². The quantitative estimate of drug-likeness (QED) is 0.911. The van der Waals surface area contributed by atoms with Gasteiger partial charge in [-0.15, -0.1) is 0 Å². The lowest BCUT2D eigenvalue weighted by molar-refractivity contribution is 0.0764. The Morgan fingerprint density at radius 3 is 2.75 bits per heavy atom. The summed E-state index contributed by atoms with van der Waals surface area (Å²) in [6, 6.07) is 12.6. The van der Waals surface area contributed by atoms with E-state index in [1.54, 1.807) is 23.1 Å². The number of aromatic nitrogens is 1. The molecule has 0 fully saturated rings. The molecular formula is C15H13N3O2. The molecule has 0 unspecified atom stereocenters. The third-order valence-electron chi connectivity index (χ3n) is 3.31. The Hall–Kier alpha value is -2.69. The van der Waals surface area contributed by atoms with Crippen molar-refractivity contribution < 1.29 is 9.59 Å². The van der Waals surface area contributed by atoms with Crippen LogP contribution >= 0.6 is 0 Å². The molecule has 0 spiro atoms. The molecule has 0 saturated heterocycles. The van der Waals surface area contributed by atoms with Crippen LogP contribution in [-0.2, 0) is 13.1 Å². The number of rotatable bonds is 3. The van der Waals surface area contributed by atoms with Crippen molar-refractivity contribution in [1.29, 1.82) is 0 Å². The van der Waals surface area contributed by atoms with E-state index < -0.39 is 5.91 Å². The van der Waals surface area contributed by atoms with Crippen molar-refractivity contribution in [2.75, 3.05) is 0 Å². The Kier molecular flexibility index (Phi) is 2.95.